The van der Waals surface area contributed by atoms with Crippen molar-refractivity contribution >= 4 is 0 Å². The topological polar surface area (TPSA) is 15.8 Å². The molecule has 1 heteroatoms. The van der Waals surface area contributed by atoms with Gasteiger partial charge in [0.1, 0.15) is 0 Å². The lowest BCUT2D eigenvalue weighted by Crippen LogP contribution is -1.81. The van der Waals surface area contributed by atoms with E-state index in [1.807, 2.05) is 12.3 Å². The molecule has 1 aromatic heterocycles. The molecule has 11 heavy (non-hydrogen) atoms. The molecule has 0 unspecified atom stereocenters. The number of hydrogen-bond donors (Lipinski definition) is 1. The molecule has 0 atom stereocenters. The van der Waals surface area contributed by atoms with E-state index >= 15 is 0 Å². The number of rotatable bonds is 5. The van der Waals surface area contributed by atoms with Gasteiger partial charge in [-0.25, -0.2) is 0 Å². The maximum absolute atomic E-state index is 3.16. The quantitative estimate of drug-likeness (QED) is 0.621. The first-order valence-electron chi connectivity index (χ1n) is 4.40. The SMILES string of the molecule is CCCCC[CH]c1ccc[nH]1. The summed E-state index contributed by atoms with van der Waals surface area (Å²) in [5.74, 6) is 0. The molecule has 1 nitrogen and oxygen atoms in total. The van der Waals surface area contributed by atoms with E-state index in [2.05, 4.69) is 24.4 Å². The van der Waals surface area contributed by atoms with Crippen LogP contribution in [-0.2, 0) is 0 Å². The van der Waals surface area contributed by atoms with Gasteiger partial charge in [0.05, 0.1) is 0 Å². The first-order chi connectivity index (χ1) is 5.43. The highest BCUT2D eigenvalue weighted by Gasteiger charge is 1.92. The van der Waals surface area contributed by atoms with Crippen molar-refractivity contribution < 1.29 is 0 Å². The Kier molecular flexibility index (Phi) is 3.81. The predicted octanol–water partition coefficient (Wildman–Crippen LogP) is 3.15. The van der Waals surface area contributed by atoms with Crippen LogP contribution in [0.1, 0.15) is 38.3 Å². The van der Waals surface area contributed by atoms with Gasteiger partial charge in [0.25, 0.3) is 0 Å². The van der Waals surface area contributed by atoms with Gasteiger partial charge in [0.15, 0.2) is 0 Å². The molecule has 0 aliphatic carbocycles. The maximum atomic E-state index is 3.16. The van der Waals surface area contributed by atoms with Crippen molar-refractivity contribution in [1.82, 2.24) is 4.98 Å². The molecule has 0 saturated carbocycles. The van der Waals surface area contributed by atoms with Crippen LogP contribution in [0.3, 0.4) is 0 Å². The van der Waals surface area contributed by atoms with Crippen LogP contribution in [0.15, 0.2) is 18.3 Å². The van der Waals surface area contributed by atoms with Crippen LogP contribution >= 0.6 is 0 Å². The van der Waals surface area contributed by atoms with Gasteiger partial charge < -0.3 is 4.98 Å². The van der Waals surface area contributed by atoms with Gasteiger partial charge in [0, 0.05) is 18.3 Å². The van der Waals surface area contributed by atoms with Gasteiger partial charge >= 0.3 is 0 Å². The average Bonchev–Trinajstić information content (AvgIpc) is 2.50. The molecule has 0 spiro atoms. The fourth-order valence-electron chi connectivity index (χ4n) is 1.12. The molecular formula is C10H16N. The smallest absolute Gasteiger partial charge is 0.0185 e. The molecule has 1 aromatic rings. The lowest BCUT2D eigenvalue weighted by atomic mass is 10.1. The Bertz CT molecular complexity index is 165. The monoisotopic (exact) mass is 150 g/mol. The summed E-state index contributed by atoms with van der Waals surface area (Å²) in [4.78, 5) is 3.16. The minimum atomic E-state index is 1.20. The summed E-state index contributed by atoms with van der Waals surface area (Å²) in [6.45, 7) is 2.23. The third kappa shape index (κ3) is 3.26. The van der Waals surface area contributed by atoms with Gasteiger partial charge in [-0.3, -0.25) is 0 Å². The molecule has 0 aliphatic rings. The van der Waals surface area contributed by atoms with Crippen molar-refractivity contribution in [2.45, 2.75) is 32.6 Å². The molecule has 0 bridgehead atoms. The summed E-state index contributed by atoms with van der Waals surface area (Å²) in [7, 11) is 0. The molecule has 61 valence electrons. The van der Waals surface area contributed by atoms with Crippen LogP contribution in [0.5, 0.6) is 0 Å². The minimum Gasteiger partial charge on any atom is -0.365 e. The Morgan fingerprint density at radius 1 is 1.45 bits per heavy atom. The molecule has 1 rings (SSSR count). The van der Waals surface area contributed by atoms with Crippen LogP contribution in [0, 0.1) is 6.42 Å². The van der Waals surface area contributed by atoms with Crippen LogP contribution in [0.4, 0.5) is 0 Å². The molecular weight excluding hydrogens is 134 g/mol. The van der Waals surface area contributed by atoms with E-state index in [-0.39, 0.29) is 0 Å². The van der Waals surface area contributed by atoms with Gasteiger partial charge in [-0.2, -0.15) is 0 Å². The first kappa shape index (κ1) is 8.38. The van der Waals surface area contributed by atoms with Crippen molar-refractivity contribution in [2.24, 2.45) is 0 Å². The van der Waals surface area contributed by atoms with Crippen LogP contribution in [0.2, 0.25) is 0 Å². The Morgan fingerprint density at radius 3 is 3.00 bits per heavy atom. The molecule has 0 amide bonds. The van der Waals surface area contributed by atoms with E-state index in [0.717, 1.165) is 0 Å². The zero-order valence-corrected chi connectivity index (χ0v) is 7.14. The molecule has 0 fully saturated rings. The number of aromatic amines is 1. The first-order valence-corrected chi connectivity index (χ1v) is 4.40. The second-order valence-electron chi connectivity index (χ2n) is 2.83. The Hall–Kier alpha value is -0.720. The summed E-state index contributed by atoms with van der Waals surface area (Å²) in [5.41, 5.74) is 1.25. The largest absolute Gasteiger partial charge is 0.365 e. The van der Waals surface area contributed by atoms with E-state index in [1.165, 1.54) is 31.4 Å². The van der Waals surface area contributed by atoms with E-state index in [1.54, 1.807) is 0 Å². The normalized spacial score (nSPS) is 10.3. The number of aromatic nitrogens is 1. The fourth-order valence-corrected chi connectivity index (χ4v) is 1.12. The average molecular weight is 150 g/mol. The van der Waals surface area contributed by atoms with Gasteiger partial charge in [0.2, 0.25) is 0 Å². The fraction of sp³-hybridized carbons (Fsp3) is 0.500. The molecule has 0 aromatic carbocycles. The highest BCUT2D eigenvalue weighted by molar-refractivity contribution is 5.12. The van der Waals surface area contributed by atoms with Crippen molar-refractivity contribution in [3.63, 3.8) is 0 Å². The van der Waals surface area contributed by atoms with E-state index < -0.39 is 0 Å². The van der Waals surface area contributed by atoms with Gasteiger partial charge in [-0.1, -0.05) is 26.2 Å². The molecule has 1 radical (unpaired) electrons. The molecule has 0 saturated heterocycles. The van der Waals surface area contributed by atoms with Crippen LogP contribution < -0.4 is 0 Å². The minimum absolute atomic E-state index is 1.20. The van der Waals surface area contributed by atoms with E-state index in [0.29, 0.717) is 0 Å². The summed E-state index contributed by atoms with van der Waals surface area (Å²) >= 11 is 0. The number of hydrogen-bond acceptors (Lipinski definition) is 0. The maximum Gasteiger partial charge on any atom is 0.0185 e. The third-order valence-corrected chi connectivity index (χ3v) is 1.79. The van der Waals surface area contributed by atoms with E-state index in [9.17, 15) is 0 Å². The van der Waals surface area contributed by atoms with Crippen molar-refractivity contribution in [1.29, 1.82) is 0 Å². The summed E-state index contributed by atoms with van der Waals surface area (Å²) in [5, 5.41) is 0. The van der Waals surface area contributed by atoms with Gasteiger partial charge in [-0.15, -0.1) is 0 Å². The number of H-pyrrole nitrogens is 1. The lowest BCUT2D eigenvalue weighted by molar-refractivity contribution is 0.713. The second-order valence-corrected chi connectivity index (χ2v) is 2.83. The van der Waals surface area contributed by atoms with Crippen LogP contribution in [0.25, 0.3) is 0 Å². The molecule has 1 N–H and O–H groups in total. The third-order valence-electron chi connectivity index (χ3n) is 1.79. The Labute approximate surface area is 68.8 Å². The van der Waals surface area contributed by atoms with Crippen molar-refractivity contribution in [3.05, 3.63) is 30.4 Å². The van der Waals surface area contributed by atoms with E-state index in [4.69, 9.17) is 0 Å². The zero-order chi connectivity index (χ0) is 7.94. The number of nitrogens with one attached hydrogen (secondary N) is 1. The van der Waals surface area contributed by atoms with Gasteiger partial charge in [-0.05, 0) is 18.6 Å². The standard InChI is InChI=1S/C10H16N/c1-2-3-4-5-7-10-8-6-9-11-10/h6-9,11H,2-5H2,1H3. The molecule has 1 heterocycles. The number of unbranched alkanes of at least 4 members (excludes halogenated alkanes) is 3. The zero-order valence-electron chi connectivity index (χ0n) is 7.14. The summed E-state index contributed by atoms with van der Waals surface area (Å²) in [6.07, 6.45) is 9.39. The molecule has 0 aliphatic heterocycles. The van der Waals surface area contributed by atoms with Crippen LogP contribution in [-0.4, -0.2) is 4.98 Å². The lowest BCUT2D eigenvalue weighted by Gasteiger charge is -1.96. The summed E-state index contributed by atoms with van der Waals surface area (Å²) in [6, 6.07) is 4.14. The van der Waals surface area contributed by atoms with Crippen molar-refractivity contribution in [2.75, 3.05) is 0 Å². The summed E-state index contributed by atoms with van der Waals surface area (Å²) < 4.78 is 0. The Morgan fingerprint density at radius 2 is 2.36 bits per heavy atom. The highest BCUT2D eigenvalue weighted by Crippen LogP contribution is 2.07. The predicted molar refractivity (Wildman–Crippen MR) is 48.3 cm³/mol. The van der Waals surface area contributed by atoms with Crippen molar-refractivity contribution in [3.8, 4) is 0 Å². The second kappa shape index (κ2) is 5.00. The highest BCUT2D eigenvalue weighted by atomic mass is 14.7. The Balaban J connectivity index is 2.04.